The molecule has 1 N–H and O–H groups in total. The minimum absolute atomic E-state index is 0.0414. The van der Waals surface area contributed by atoms with E-state index in [0.717, 1.165) is 23.4 Å². The van der Waals surface area contributed by atoms with Crippen LogP contribution in [-0.4, -0.2) is 17.1 Å². The second-order valence-corrected chi connectivity index (χ2v) is 6.63. The lowest BCUT2D eigenvalue weighted by molar-refractivity contribution is 0.0928. The maximum Gasteiger partial charge on any atom is 0.254 e. The lowest BCUT2D eigenvalue weighted by atomic mass is 10.0. The minimum Gasteiger partial charge on any atom is -0.345 e. The standard InChI is InChI=1S/C17H17ClN2OS/c1-22-17-14(3-2-10-19-17)16(21)20-15(11-4-5-11)12-6-8-13(18)9-7-12/h2-3,6-11,15H,4-5H2,1H3,(H,20,21). The molecule has 0 radical (unpaired) electrons. The maximum atomic E-state index is 12.6. The van der Waals surface area contributed by atoms with Gasteiger partial charge in [-0.05, 0) is 54.8 Å². The summed E-state index contributed by atoms with van der Waals surface area (Å²) in [5.41, 5.74) is 1.74. The van der Waals surface area contributed by atoms with Gasteiger partial charge in [-0.15, -0.1) is 11.8 Å². The summed E-state index contributed by atoms with van der Waals surface area (Å²) in [4.78, 5) is 16.9. The van der Waals surface area contributed by atoms with E-state index in [4.69, 9.17) is 11.6 Å². The third-order valence-electron chi connectivity index (χ3n) is 3.82. The summed E-state index contributed by atoms with van der Waals surface area (Å²) in [5, 5.41) is 4.64. The maximum absolute atomic E-state index is 12.6. The highest BCUT2D eigenvalue weighted by Crippen LogP contribution is 2.41. The van der Waals surface area contributed by atoms with Crippen LogP contribution in [0.15, 0.2) is 47.6 Å². The van der Waals surface area contributed by atoms with Gasteiger partial charge in [-0.25, -0.2) is 4.98 Å². The number of carbonyl (C=O) groups is 1. The van der Waals surface area contributed by atoms with Crippen LogP contribution < -0.4 is 5.32 Å². The number of pyridine rings is 1. The number of carbonyl (C=O) groups excluding carboxylic acids is 1. The molecule has 3 nitrogen and oxygen atoms in total. The predicted octanol–water partition coefficient (Wildman–Crippen LogP) is 4.34. The molecule has 3 rings (SSSR count). The van der Waals surface area contributed by atoms with Gasteiger partial charge in [-0.2, -0.15) is 0 Å². The molecular formula is C17H17ClN2OS. The van der Waals surface area contributed by atoms with Crippen molar-refractivity contribution in [3.05, 3.63) is 58.7 Å². The Hall–Kier alpha value is -1.52. The van der Waals surface area contributed by atoms with Gasteiger partial charge >= 0.3 is 0 Å². The summed E-state index contributed by atoms with van der Waals surface area (Å²) in [6.45, 7) is 0. The number of hydrogen-bond donors (Lipinski definition) is 1. The number of nitrogens with zero attached hydrogens (tertiary/aromatic N) is 1. The fraction of sp³-hybridized carbons (Fsp3) is 0.294. The molecule has 2 aromatic rings. The zero-order valence-corrected chi connectivity index (χ0v) is 13.8. The van der Waals surface area contributed by atoms with Gasteiger partial charge in [0.2, 0.25) is 0 Å². The van der Waals surface area contributed by atoms with Gasteiger partial charge in [0.05, 0.1) is 11.6 Å². The van der Waals surface area contributed by atoms with Crippen LogP contribution in [-0.2, 0) is 0 Å². The molecule has 1 aromatic heterocycles. The van der Waals surface area contributed by atoms with Gasteiger partial charge in [0, 0.05) is 11.2 Å². The van der Waals surface area contributed by atoms with E-state index in [1.54, 1.807) is 12.3 Å². The normalized spacial score (nSPS) is 15.4. The quantitative estimate of drug-likeness (QED) is 0.828. The van der Waals surface area contributed by atoms with E-state index < -0.39 is 0 Å². The number of nitrogens with one attached hydrogen (secondary N) is 1. The van der Waals surface area contributed by atoms with Crippen molar-refractivity contribution in [3.63, 3.8) is 0 Å². The van der Waals surface area contributed by atoms with Gasteiger partial charge in [-0.1, -0.05) is 23.7 Å². The highest BCUT2D eigenvalue weighted by Gasteiger charge is 2.33. The molecule has 1 aliphatic rings. The number of rotatable bonds is 5. The molecule has 0 bridgehead atoms. The lowest BCUT2D eigenvalue weighted by Gasteiger charge is -2.19. The first-order chi connectivity index (χ1) is 10.7. The van der Waals surface area contributed by atoms with Crippen molar-refractivity contribution in [1.29, 1.82) is 0 Å². The molecule has 1 aliphatic carbocycles. The molecule has 1 fully saturated rings. The molecule has 0 saturated heterocycles. The summed E-state index contributed by atoms with van der Waals surface area (Å²) in [7, 11) is 0. The smallest absolute Gasteiger partial charge is 0.254 e. The Kier molecular flexibility index (Phi) is 4.69. The van der Waals surface area contributed by atoms with Crippen molar-refractivity contribution in [2.75, 3.05) is 6.26 Å². The highest BCUT2D eigenvalue weighted by molar-refractivity contribution is 7.98. The molecule has 1 saturated carbocycles. The second-order valence-electron chi connectivity index (χ2n) is 5.40. The summed E-state index contributed by atoms with van der Waals surface area (Å²) >= 11 is 7.44. The van der Waals surface area contributed by atoms with Gasteiger partial charge in [0.25, 0.3) is 5.91 Å². The number of halogens is 1. The van der Waals surface area contributed by atoms with Crippen LogP contribution in [0.5, 0.6) is 0 Å². The molecule has 1 atom stereocenters. The van der Waals surface area contributed by atoms with Crippen molar-refractivity contribution >= 4 is 29.3 Å². The van der Waals surface area contributed by atoms with E-state index >= 15 is 0 Å². The third-order valence-corrected chi connectivity index (χ3v) is 4.78. The number of hydrogen-bond acceptors (Lipinski definition) is 3. The number of amides is 1. The van der Waals surface area contributed by atoms with E-state index in [2.05, 4.69) is 10.3 Å². The van der Waals surface area contributed by atoms with Crippen LogP contribution in [0.1, 0.15) is 34.8 Å². The van der Waals surface area contributed by atoms with Gasteiger partial charge < -0.3 is 5.32 Å². The first-order valence-corrected chi connectivity index (χ1v) is 8.84. The van der Waals surface area contributed by atoms with Crippen LogP contribution in [0, 0.1) is 5.92 Å². The van der Waals surface area contributed by atoms with Crippen molar-refractivity contribution in [2.24, 2.45) is 5.92 Å². The average molecular weight is 333 g/mol. The SMILES string of the molecule is CSc1ncccc1C(=O)NC(c1ccc(Cl)cc1)C1CC1. The molecule has 0 aliphatic heterocycles. The molecule has 5 heteroatoms. The molecule has 1 amide bonds. The minimum atomic E-state index is -0.0655. The molecule has 1 unspecified atom stereocenters. The van der Waals surface area contributed by atoms with E-state index in [1.165, 1.54) is 11.8 Å². The highest BCUT2D eigenvalue weighted by atomic mass is 35.5. The Balaban J connectivity index is 1.82. The molecule has 114 valence electrons. The second kappa shape index (κ2) is 6.71. The summed E-state index contributed by atoms with van der Waals surface area (Å²) in [5.74, 6) is 0.448. The molecule has 22 heavy (non-hydrogen) atoms. The van der Waals surface area contributed by atoms with E-state index in [-0.39, 0.29) is 11.9 Å². The number of aromatic nitrogens is 1. The Morgan fingerprint density at radius 2 is 2.05 bits per heavy atom. The fourth-order valence-electron chi connectivity index (χ4n) is 2.52. The summed E-state index contributed by atoms with van der Waals surface area (Å²) in [6.07, 6.45) is 5.93. The zero-order valence-electron chi connectivity index (χ0n) is 12.3. The molecule has 0 spiro atoms. The van der Waals surface area contributed by atoms with E-state index in [1.807, 2.05) is 36.6 Å². The van der Waals surface area contributed by atoms with Crippen LogP contribution in [0.25, 0.3) is 0 Å². The Morgan fingerprint density at radius 1 is 1.32 bits per heavy atom. The summed E-state index contributed by atoms with van der Waals surface area (Å²) < 4.78 is 0. The topological polar surface area (TPSA) is 42.0 Å². The number of benzene rings is 1. The first kappa shape index (κ1) is 15.4. The lowest BCUT2D eigenvalue weighted by Crippen LogP contribution is -2.30. The van der Waals surface area contributed by atoms with E-state index in [9.17, 15) is 4.79 Å². The van der Waals surface area contributed by atoms with Gasteiger partial charge in [0.1, 0.15) is 5.03 Å². The monoisotopic (exact) mass is 332 g/mol. The van der Waals surface area contributed by atoms with Crippen LogP contribution in [0.2, 0.25) is 5.02 Å². The van der Waals surface area contributed by atoms with Crippen LogP contribution >= 0.6 is 23.4 Å². The van der Waals surface area contributed by atoms with Crippen LogP contribution in [0.3, 0.4) is 0 Å². The largest absolute Gasteiger partial charge is 0.345 e. The van der Waals surface area contributed by atoms with Crippen molar-refractivity contribution < 1.29 is 4.79 Å². The van der Waals surface area contributed by atoms with E-state index in [0.29, 0.717) is 16.5 Å². The van der Waals surface area contributed by atoms with Gasteiger partial charge in [0.15, 0.2) is 0 Å². The Bertz CT molecular complexity index is 671. The van der Waals surface area contributed by atoms with Crippen molar-refractivity contribution in [1.82, 2.24) is 10.3 Å². The fourth-order valence-corrected chi connectivity index (χ4v) is 3.19. The predicted molar refractivity (Wildman–Crippen MR) is 90.4 cm³/mol. The molecule has 1 aromatic carbocycles. The zero-order chi connectivity index (χ0) is 15.5. The summed E-state index contributed by atoms with van der Waals surface area (Å²) in [6, 6.07) is 11.4. The third kappa shape index (κ3) is 3.45. The Labute approximate surface area is 139 Å². The average Bonchev–Trinajstić information content (AvgIpc) is 3.38. The van der Waals surface area contributed by atoms with Crippen LogP contribution in [0.4, 0.5) is 0 Å². The van der Waals surface area contributed by atoms with Gasteiger partial charge in [-0.3, -0.25) is 4.79 Å². The molecule has 1 heterocycles. The van der Waals surface area contributed by atoms with Crippen molar-refractivity contribution in [2.45, 2.75) is 23.9 Å². The van der Waals surface area contributed by atoms with Crippen molar-refractivity contribution in [3.8, 4) is 0 Å². The first-order valence-electron chi connectivity index (χ1n) is 7.24. The molecular weight excluding hydrogens is 316 g/mol. The Morgan fingerprint density at radius 3 is 2.68 bits per heavy atom. The number of thioether (sulfide) groups is 1.